The molecule has 0 spiro atoms. The van der Waals surface area contributed by atoms with Crippen LogP contribution in [0.25, 0.3) is 0 Å². The van der Waals surface area contributed by atoms with Gasteiger partial charge in [0.25, 0.3) is 0 Å². The number of hydrogen-bond acceptors (Lipinski definition) is 3. The summed E-state index contributed by atoms with van der Waals surface area (Å²) in [4.78, 5) is 2.43. The predicted molar refractivity (Wildman–Crippen MR) is 82.5 cm³/mol. The molecule has 5 heteroatoms. The van der Waals surface area contributed by atoms with E-state index in [1.165, 1.54) is 0 Å². The van der Waals surface area contributed by atoms with Crippen molar-refractivity contribution in [2.45, 2.75) is 32.0 Å². The zero-order valence-electron chi connectivity index (χ0n) is 11.3. The first kappa shape index (κ1) is 15.3. The topological polar surface area (TPSA) is 38.5 Å². The Bertz CT molecular complexity index is 441. The van der Waals surface area contributed by atoms with Crippen LogP contribution in [0, 0.1) is 0 Å². The maximum atomic E-state index is 6.14. The minimum Gasteiger partial charge on any atom is -0.374 e. The fraction of sp³-hybridized carbons (Fsp3) is 0.571. The first-order chi connectivity index (χ1) is 9.04. The molecule has 1 fully saturated rings. The van der Waals surface area contributed by atoms with Crippen molar-refractivity contribution >= 4 is 27.5 Å². The third-order valence-electron chi connectivity index (χ3n) is 3.56. The van der Waals surface area contributed by atoms with Crippen LogP contribution in [0.4, 0.5) is 0 Å². The van der Waals surface area contributed by atoms with E-state index in [4.69, 9.17) is 22.1 Å². The number of rotatable bonds is 3. The highest BCUT2D eigenvalue weighted by Crippen LogP contribution is 2.36. The number of halogens is 2. The molecule has 3 nitrogen and oxygen atoms in total. The van der Waals surface area contributed by atoms with Crippen LogP contribution in [-0.2, 0) is 4.74 Å². The van der Waals surface area contributed by atoms with Gasteiger partial charge in [0.1, 0.15) is 0 Å². The van der Waals surface area contributed by atoms with Crippen molar-refractivity contribution in [2.24, 2.45) is 5.73 Å². The molecule has 2 atom stereocenters. The molecule has 2 unspecified atom stereocenters. The van der Waals surface area contributed by atoms with Crippen molar-refractivity contribution in [1.29, 1.82) is 0 Å². The highest BCUT2D eigenvalue weighted by atomic mass is 79.9. The van der Waals surface area contributed by atoms with Crippen LogP contribution in [0.1, 0.15) is 25.5 Å². The lowest BCUT2D eigenvalue weighted by Crippen LogP contribution is -2.50. The molecule has 0 bridgehead atoms. The maximum Gasteiger partial charge on any atom is 0.0894 e. The Labute approximate surface area is 128 Å². The number of nitrogens with two attached hydrogens (primary N) is 1. The van der Waals surface area contributed by atoms with Crippen molar-refractivity contribution in [3.05, 3.63) is 33.3 Å². The second kappa shape index (κ2) is 6.55. The van der Waals surface area contributed by atoms with E-state index in [9.17, 15) is 0 Å². The third-order valence-corrected chi connectivity index (χ3v) is 4.52. The van der Waals surface area contributed by atoms with E-state index in [1.54, 1.807) is 0 Å². The van der Waals surface area contributed by atoms with Gasteiger partial charge in [-0.3, -0.25) is 4.90 Å². The van der Waals surface area contributed by atoms with Crippen LogP contribution in [0.15, 0.2) is 22.7 Å². The molecule has 0 aliphatic carbocycles. The van der Waals surface area contributed by atoms with Gasteiger partial charge in [-0.25, -0.2) is 0 Å². The van der Waals surface area contributed by atoms with Crippen LogP contribution < -0.4 is 5.73 Å². The van der Waals surface area contributed by atoms with E-state index < -0.39 is 0 Å². The quantitative estimate of drug-likeness (QED) is 0.912. The molecule has 19 heavy (non-hydrogen) atoms. The Hall–Kier alpha value is -0.130. The summed E-state index contributed by atoms with van der Waals surface area (Å²) in [6, 6.07) is 6.46. The Kier molecular flexibility index (Phi) is 5.26. The van der Waals surface area contributed by atoms with Gasteiger partial charge >= 0.3 is 0 Å². The highest BCUT2D eigenvalue weighted by Gasteiger charge is 2.35. The number of nitrogens with zero attached hydrogens (tertiary/aromatic N) is 1. The van der Waals surface area contributed by atoms with Crippen LogP contribution in [0.5, 0.6) is 0 Å². The molecular weight excluding hydrogens is 328 g/mol. The lowest BCUT2D eigenvalue weighted by Gasteiger charge is -2.43. The summed E-state index contributed by atoms with van der Waals surface area (Å²) in [6.45, 7) is 6.55. The SMILES string of the molecule is CC(C)N1CCOC(CN)C1c1cc(Cl)ccc1Br. The van der Waals surface area contributed by atoms with E-state index in [0.29, 0.717) is 12.6 Å². The summed E-state index contributed by atoms with van der Waals surface area (Å²) in [5, 5.41) is 0.739. The third kappa shape index (κ3) is 3.31. The molecule has 2 rings (SSSR count). The van der Waals surface area contributed by atoms with Crippen LogP contribution in [-0.4, -0.2) is 36.7 Å². The number of benzene rings is 1. The molecule has 1 saturated heterocycles. The lowest BCUT2D eigenvalue weighted by molar-refractivity contribution is -0.0791. The van der Waals surface area contributed by atoms with Gasteiger partial charge in [-0.1, -0.05) is 27.5 Å². The normalized spacial score (nSPS) is 24.9. The van der Waals surface area contributed by atoms with Crippen molar-refractivity contribution < 1.29 is 4.74 Å². The Morgan fingerprint density at radius 3 is 2.89 bits per heavy atom. The summed E-state index contributed by atoms with van der Waals surface area (Å²) in [6.07, 6.45) is 0.00548. The van der Waals surface area contributed by atoms with Gasteiger partial charge in [-0.2, -0.15) is 0 Å². The molecular formula is C14H20BrClN2O. The van der Waals surface area contributed by atoms with Gasteiger partial charge in [-0.05, 0) is 37.6 Å². The minimum absolute atomic E-state index is 0.00548. The molecule has 1 aromatic carbocycles. The molecule has 1 aliphatic rings. The smallest absolute Gasteiger partial charge is 0.0894 e. The molecule has 0 aromatic heterocycles. The van der Waals surface area contributed by atoms with E-state index >= 15 is 0 Å². The second-order valence-electron chi connectivity index (χ2n) is 5.09. The fourth-order valence-electron chi connectivity index (χ4n) is 2.65. The first-order valence-electron chi connectivity index (χ1n) is 6.57. The summed E-state index contributed by atoms with van der Waals surface area (Å²) in [5.74, 6) is 0. The second-order valence-corrected chi connectivity index (χ2v) is 6.38. The fourth-order valence-corrected chi connectivity index (χ4v) is 3.31. The van der Waals surface area contributed by atoms with Crippen molar-refractivity contribution in [1.82, 2.24) is 4.90 Å². The van der Waals surface area contributed by atoms with E-state index in [2.05, 4.69) is 34.7 Å². The number of hydrogen-bond donors (Lipinski definition) is 1. The van der Waals surface area contributed by atoms with Gasteiger partial charge in [-0.15, -0.1) is 0 Å². The molecule has 0 amide bonds. The molecule has 1 aromatic rings. The van der Waals surface area contributed by atoms with Gasteiger partial charge in [0.2, 0.25) is 0 Å². The number of morpholine rings is 1. The highest BCUT2D eigenvalue weighted by molar-refractivity contribution is 9.10. The average Bonchev–Trinajstić information content (AvgIpc) is 2.40. The Morgan fingerprint density at radius 1 is 1.53 bits per heavy atom. The molecule has 1 aliphatic heterocycles. The zero-order chi connectivity index (χ0) is 14.0. The summed E-state index contributed by atoms with van der Waals surface area (Å²) < 4.78 is 6.89. The van der Waals surface area contributed by atoms with Gasteiger partial charge in [0.05, 0.1) is 18.8 Å². The number of ether oxygens (including phenoxy) is 1. The van der Waals surface area contributed by atoms with Crippen LogP contribution >= 0.6 is 27.5 Å². The Balaban J connectivity index is 2.42. The molecule has 106 valence electrons. The van der Waals surface area contributed by atoms with Crippen molar-refractivity contribution in [3.8, 4) is 0 Å². The molecule has 2 N–H and O–H groups in total. The standard InChI is InChI=1S/C14H20BrClN2O/c1-9(2)18-5-6-19-13(8-17)14(18)11-7-10(16)3-4-12(11)15/h3-4,7,9,13-14H,5-6,8,17H2,1-2H3. The largest absolute Gasteiger partial charge is 0.374 e. The van der Waals surface area contributed by atoms with E-state index in [0.717, 1.165) is 28.2 Å². The minimum atomic E-state index is 0.00548. The van der Waals surface area contributed by atoms with Crippen molar-refractivity contribution in [3.63, 3.8) is 0 Å². The zero-order valence-corrected chi connectivity index (χ0v) is 13.6. The molecule has 1 heterocycles. The lowest BCUT2D eigenvalue weighted by atomic mass is 9.96. The Morgan fingerprint density at radius 2 is 2.26 bits per heavy atom. The van der Waals surface area contributed by atoms with Gasteiger partial charge < -0.3 is 10.5 Å². The van der Waals surface area contributed by atoms with E-state index in [1.807, 2.05) is 18.2 Å². The average molecular weight is 348 g/mol. The summed E-state index contributed by atoms with van der Waals surface area (Å²) >= 11 is 9.76. The molecule has 0 saturated carbocycles. The summed E-state index contributed by atoms with van der Waals surface area (Å²) in [7, 11) is 0. The maximum absolute atomic E-state index is 6.14. The van der Waals surface area contributed by atoms with Gasteiger partial charge in [0.15, 0.2) is 0 Å². The van der Waals surface area contributed by atoms with Gasteiger partial charge in [0, 0.05) is 28.6 Å². The van der Waals surface area contributed by atoms with E-state index in [-0.39, 0.29) is 12.1 Å². The van der Waals surface area contributed by atoms with Crippen LogP contribution in [0.3, 0.4) is 0 Å². The summed E-state index contributed by atoms with van der Waals surface area (Å²) in [5.41, 5.74) is 7.03. The van der Waals surface area contributed by atoms with Crippen LogP contribution in [0.2, 0.25) is 5.02 Å². The van der Waals surface area contributed by atoms with Crippen molar-refractivity contribution in [2.75, 3.05) is 19.7 Å². The monoisotopic (exact) mass is 346 g/mol. The first-order valence-corrected chi connectivity index (χ1v) is 7.74. The predicted octanol–water partition coefficient (Wildman–Crippen LogP) is 3.21. The molecule has 0 radical (unpaired) electrons.